The number of nitriles is 1. The minimum absolute atomic E-state index is 0.178. The highest BCUT2D eigenvalue weighted by atomic mass is 32.2. The highest BCUT2D eigenvalue weighted by Gasteiger charge is 2.31. The number of aryl methyl sites for hydroxylation is 1. The van der Waals surface area contributed by atoms with Crippen molar-refractivity contribution in [2.45, 2.75) is 43.4 Å². The maximum Gasteiger partial charge on any atom is 0.270 e. The first-order valence-electron chi connectivity index (χ1n) is 9.26. The van der Waals surface area contributed by atoms with Crippen molar-refractivity contribution in [2.75, 3.05) is 26.2 Å². The fourth-order valence-corrected chi connectivity index (χ4v) is 4.97. The molecule has 0 radical (unpaired) electrons. The molecule has 2 fully saturated rings. The van der Waals surface area contributed by atoms with Gasteiger partial charge in [0, 0.05) is 39.4 Å². The number of amides is 1. The molecule has 0 spiro atoms. The van der Waals surface area contributed by atoms with E-state index in [1.807, 2.05) is 0 Å². The number of rotatable bonds is 7. The fraction of sp³-hybridized carbons (Fsp3) is 0.667. The van der Waals surface area contributed by atoms with Gasteiger partial charge in [-0.3, -0.25) is 4.79 Å². The lowest BCUT2D eigenvalue weighted by Crippen LogP contribution is -2.35. The largest absolute Gasteiger partial charge is 0.345 e. The minimum atomic E-state index is -3.56. The second-order valence-electron chi connectivity index (χ2n) is 7.24. The van der Waals surface area contributed by atoms with Crippen LogP contribution in [-0.4, -0.2) is 54.3 Å². The van der Waals surface area contributed by atoms with Crippen LogP contribution in [0.1, 0.15) is 49.0 Å². The summed E-state index contributed by atoms with van der Waals surface area (Å²) in [6.45, 7) is 2.10. The first kappa shape index (κ1) is 18.9. The number of hydrogen-bond acceptors (Lipinski definition) is 4. The van der Waals surface area contributed by atoms with Crippen molar-refractivity contribution in [1.29, 1.82) is 5.26 Å². The summed E-state index contributed by atoms with van der Waals surface area (Å²) in [6.07, 6.45) is 6.83. The topological polar surface area (TPSA) is 86.4 Å². The molecule has 26 heavy (non-hydrogen) atoms. The highest BCUT2D eigenvalue weighted by Crippen LogP contribution is 2.30. The normalized spacial score (nSPS) is 18.5. The lowest BCUT2D eigenvalue weighted by Gasteiger charge is -2.25. The van der Waals surface area contributed by atoms with Gasteiger partial charge in [0.2, 0.25) is 10.0 Å². The number of nitrogens with zero attached hydrogens (tertiary/aromatic N) is 4. The van der Waals surface area contributed by atoms with Gasteiger partial charge in [0.05, 0.1) is 12.5 Å². The summed E-state index contributed by atoms with van der Waals surface area (Å²) in [5.74, 6) is 0.309. The molecule has 1 aromatic rings. The van der Waals surface area contributed by atoms with E-state index in [0.29, 0.717) is 37.8 Å². The Morgan fingerprint density at radius 2 is 2.00 bits per heavy atom. The van der Waals surface area contributed by atoms with Gasteiger partial charge in [-0.25, -0.2) is 8.42 Å². The zero-order chi connectivity index (χ0) is 18.7. The molecule has 0 aromatic carbocycles. The summed E-state index contributed by atoms with van der Waals surface area (Å²) in [4.78, 5) is 14.8. The van der Waals surface area contributed by atoms with Crippen LogP contribution in [-0.2, 0) is 17.1 Å². The highest BCUT2D eigenvalue weighted by molar-refractivity contribution is 7.89. The van der Waals surface area contributed by atoms with Crippen LogP contribution in [0.3, 0.4) is 0 Å². The Hall–Kier alpha value is -1.85. The molecule has 7 nitrogen and oxygen atoms in total. The van der Waals surface area contributed by atoms with Crippen LogP contribution >= 0.6 is 0 Å². The Bertz CT molecular complexity index is 799. The molecule has 1 saturated heterocycles. The molecular formula is C18H26N4O3S. The first-order chi connectivity index (χ1) is 12.4. The molecule has 142 valence electrons. The maximum absolute atomic E-state index is 12.9. The molecule has 1 saturated carbocycles. The van der Waals surface area contributed by atoms with Crippen molar-refractivity contribution in [3.8, 4) is 6.07 Å². The molecule has 1 aromatic heterocycles. The van der Waals surface area contributed by atoms with Crippen LogP contribution < -0.4 is 0 Å². The van der Waals surface area contributed by atoms with Crippen LogP contribution in [0.15, 0.2) is 17.2 Å². The van der Waals surface area contributed by atoms with Gasteiger partial charge < -0.3 is 9.47 Å². The summed E-state index contributed by atoms with van der Waals surface area (Å²) in [6, 6.07) is 3.57. The van der Waals surface area contributed by atoms with E-state index in [-0.39, 0.29) is 17.2 Å². The lowest BCUT2D eigenvalue weighted by atomic mass is 10.2. The summed E-state index contributed by atoms with van der Waals surface area (Å²) in [5.41, 5.74) is 0.360. The third-order valence-corrected chi connectivity index (χ3v) is 6.97. The third kappa shape index (κ3) is 4.10. The number of piperidine rings is 1. The van der Waals surface area contributed by atoms with Gasteiger partial charge in [-0.1, -0.05) is 6.42 Å². The average molecular weight is 378 g/mol. The molecule has 2 heterocycles. The first-order valence-corrected chi connectivity index (χ1v) is 10.7. The van der Waals surface area contributed by atoms with Crippen molar-refractivity contribution in [3.63, 3.8) is 0 Å². The molecule has 2 aliphatic rings. The van der Waals surface area contributed by atoms with Gasteiger partial charge in [0.15, 0.2) is 0 Å². The molecule has 0 N–H and O–H groups in total. The molecule has 0 atom stereocenters. The monoisotopic (exact) mass is 378 g/mol. The zero-order valence-corrected chi connectivity index (χ0v) is 16.0. The zero-order valence-electron chi connectivity index (χ0n) is 15.2. The van der Waals surface area contributed by atoms with E-state index in [4.69, 9.17) is 5.26 Å². The predicted molar refractivity (Wildman–Crippen MR) is 96.9 cm³/mol. The Balaban J connectivity index is 1.81. The summed E-state index contributed by atoms with van der Waals surface area (Å²) >= 11 is 0. The Labute approximate surface area is 155 Å². The number of sulfonamides is 1. The van der Waals surface area contributed by atoms with E-state index in [0.717, 1.165) is 32.1 Å². The Morgan fingerprint density at radius 3 is 2.62 bits per heavy atom. The number of aromatic nitrogens is 1. The molecule has 8 heteroatoms. The number of hydrogen-bond donors (Lipinski definition) is 0. The smallest absolute Gasteiger partial charge is 0.270 e. The fourth-order valence-electron chi connectivity index (χ4n) is 3.38. The van der Waals surface area contributed by atoms with Gasteiger partial charge in [-0.15, -0.1) is 0 Å². The van der Waals surface area contributed by atoms with Crippen molar-refractivity contribution in [1.82, 2.24) is 13.8 Å². The van der Waals surface area contributed by atoms with Gasteiger partial charge in [0.25, 0.3) is 5.91 Å². The Kier molecular flexibility index (Phi) is 5.68. The lowest BCUT2D eigenvalue weighted by molar-refractivity contribution is 0.0741. The molecule has 0 unspecified atom stereocenters. The summed E-state index contributed by atoms with van der Waals surface area (Å²) in [7, 11) is -1.86. The van der Waals surface area contributed by atoms with Gasteiger partial charge in [0.1, 0.15) is 10.6 Å². The van der Waals surface area contributed by atoms with Crippen LogP contribution in [0, 0.1) is 17.2 Å². The van der Waals surface area contributed by atoms with E-state index in [9.17, 15) is 13.2 Å². The number of carbonyl (C=O) groups is 1. The van der Waals surface area contributed by atoms with Crippen molar-refractivity contribution < 1.29 is 13.2 Å². The molecule has 1 aliphatic heterocycles. The van der Waals surface area contributed by atoms with Gasteiger partial charge in [-0.2, -0.15) is 9.57 Å². The molecule has 3 rings (SSSR count). The van der Waals surface area contributed by atoms with Crippen molar-refractivity contribution in [3.05, 3.63) is 18.0 Å². The van der Waals surface area contributed by atoms with E-state index in [1.165, 1.54) is 16.6 Å². The molecule has 1 amide bonds. The van der Waals surface area contributed by atoms with E-state index in [2.05, 4.69) is 6.07 Å². The van der Waals surface area contributed by atoms with Crippen LogP contribution in [0.25, 0.3) is 0 Å². The molecule has 0 bridgehead atoms. The summed E-state index contributed by atoms with van der Waals surface area (Å²) in [5, 5.41) is 8.85. The van der Waals surface area contributed by atoms with E-state index in [1.54, 1.807) is 16.5 Å². The molecule has 1 aliphatic carbocycles. The van der Waals surface area contributed by atoms with E-state index < -0.39 is 10.0 Å². The SMILES string of the molecule is Cn1cc(S(=O)(=O)N2CCCCC2)cc1C(=O)N(CCC#N)CC1CC1. The maximum atomic E-state index is 12.9. The Morgan fingerprint density at radius 1 is 1.31 bits per heavy atom. The van der Waals surface area contributed by atoms with Crippen molar-refractivity contribution >= 4 is 15.9 Å². The van der Waals surface area contributed by atoms with E-state index >= 15 is 0 Å². The van der Waals surface area contributed by atoms with Crippen molar-refractivity contribution in [2.24, 2.45) is 13.0 Å². The third-order valence-electron chi connectivity index (χ3n) is 5.11. The average Bonchev–Trinajstić information content (AvgIpc) is 3.37. The predicted octanol–water partition coefficient (Wildman–Crippen LogP) is 1.97. The van der Waals surface area contributed by atoms with Gasteiger partial charge >= 0.3 is 0 Å². The van der Waals surface area contributed by atoms with Crippen LogP contribution in [0.5, 0.6) is 0 Å². The molecular weight excluding hydrogens is 352 g/mol. The number of carbonyl (C=O) groups excluding carboxylic acids is 1. The summed E-state index contributed by atoms with van der Waals surface area (Å²) < 4.78 is 28.8. The second-order valence-corrected chi connectivity index (χ2v) is 9.18. The van der Waals surface area contributed by atoms with Crippen LogP contribution in [0.2, 0.25) is 0 Å². The standard InChI is InChI=1S/C18H26N4O3S/c1-20-14-16(26(24,25)22-10-3-2-4-11-22)12-17(20)18(23)21(9-5-8-19)13-15-6-7-15/h12,14-15H,2-7,9-11,13H2,1H3. The van der Waals surface area contributed by atoms with Crippen LogP contribution in [0.4, 0.5) is 0 Å². The van der Waals surface area contributed by atoms with Gasteiger partial charge in [-0.05, 0) is 37.7 Å². The second kappa shape index (κ2) is 7.80. The quantitative estimate of drug-likeness (QED) is 0.726. The minimum Gasteiger partial charge on any atom is -0.345 e.